The van der Waals surface area contributed by atoms with Gasteiger partial charge in [-0.1, -0.05) is 36.0 Å². The number of nitrogens with two attached hydrogens (primary N) is 1. The fraction of sp³-hybridized carbons (Fsp3) is 0. The van der Waals surface area contributed by atoms with Gasteiger partial charge >= 0.3 is 0 Å². The van der Waals surface area contributed by atoms with Crippen molar-refractivity contribution in [2.24, 2.45) is 5.73 Å². The molecule has 0 aliphatic heterocycles. The minimum absolute atomic E-state index is 0.0831. The van der Waals surface area contributed by atoms with E-state index >= 15 is 0 Å². The van der Waals surface area contributed by atoms with Gasteiger partial charge < -0.3 is 5.73 Å². The number of fused-ring (bicyclic) bond motifs is 1. The lowest BCUT2D eigenvalue weighted by Gasteiger charge is -2.09. The van der Waals surface area contributed by atoms with Crippen LogP contribution in [0.3, 0.4) is 0 Å². The molecule has 3 N–H and O–H groups in total. The predicted octanol–water partition coefficient (Wildman–Crippen LogP) is 3.07. The molecule has 0 spiro atoms. The molecule has 1 aromatic heterocycles. The van der Waals surface area contributed by atoms with Crippen LogP contribution >= 0.6 is 11.8 Å². The molecule has 4 nitrogen and oxygen atoms in total. The van der Waals surface area contributed by atoms with Crippen molar-refractivity contribution >= 4 is 28.4 Å². The van der Waals surface area contributed by atoms with Crippen molar-refractivity contribution in [1.82, 2.24) is 9.97 Å². The van der Waals surface area contributed by atoms with Crippen molar-refractivity contribution in [3.63, 3.8) is 0 Å². The van der Waals surface area contributed by atoms with Crippen LogP contribution < -0.4 is 5.73 Å². The number of nitrogen functional groups attached to an aromatic ring is 1. The largest absolute Gasteiger partial charge is 0.384 e. The molecule has 5 heteroatoms. The van der Waals surface area contributed by atoms with E-state index in [1.54, 1.807) is 18.0 Å². The smallest absolute Gasteiger partial charge is 0.123 e. The normalized spacial score (nSPS) is 10.6. The molecule has 3 aromatic rings. The van der Waals surface area contributed by atoms with E-state index in [1.165, 1.54) is 6.33 Å². The number of nitrogens with one attached hydrogen (secondary N) is 1. The van der Waals surface area contributed by atoms with Gasteiger partial charge in [0.05, 0.1) is 0 Å². The van der Waals surface area contributed by atoms with Crippen molar-refractivity contribution in [2.75, 3.05) is 0 Å². The first-order valence-electron chi connectivity index (χ1n) is 6.06. The molecule has 0 amide bonds. The number of nitrogens with zero attached hydrogens (tertiary/aromatic N) is 2. The Morgan fingerprint density at radius 3 is 2.55 bits per heavy atom. The van der Waals surface area contributed by atoms with Gasteiger partial charge in [0, 0.05) is 16.7 Å². The third-order valence-corrected chi connectivity index (χ3v) is 3.97. The number of amidine groups is 1. The number of benzene rings is 2. The highest BCUT2D eigenvalue weighted by atomic mass is 32.2. The molecule has 3 rings (SSSR count). The van der Waals surface area contributed by atoms with Gasteiger partial charge in [-0.05, 0) is 29.0 Å². The third-order valence-electron chi connectivity index (χ3n) is 2.94. The third kappa shape index (κ3) is 2.35. The van der Waals surface area contributed by atoms with E-state index < -0.39 is 0 Å². The number of aromatic nitrogens is 2. The standard InChI is InChI=1S/C15H12N4S/c16-15(17)12-5-6-13(11-4-2-1-3-10(11)12)20-14-7-8-18-9-19-14/h1-9H,(H3,16,17). The summed E-state index contributed by atoms with van der Waals surface area (Å²) in [5, 5.41) is 10.6. The summed E-state index contributed by atoms with van der Waals surface area (Å²) in [6.07, 6.45) is 3.26. The first-order chi connectivity index (χ1) is 9.75. The van der Waals surface area contributed by atoms with Crippen molar-refractivity contribution in [3.8, 4) is 0 Å². The van der Waals surface area contributed by atoms with E-state index in [4.69, 9.17) is 11.1 Å². The van der Waals surface area contributed by atoms with Crippen molar-refractivity contribution in [1.29, 1.82) is 5.41 Å². The second kappa shape index (κ2) is 5.30. The van der Waals surface area contributed by atoms with Crippen molar-refractivity contribution in [2.45, 2.75) is 9.92 Å². The van der Waals surface area contributed by atoms with E-state index in [9.17, 15) is 0 Å². The number of hydrogen-bond donors (Lipinski definition) is 2. The maximum Gasteiger partial charge on any atom is 0.123 e. The van der Waals surface area contributed by atoms with E-state index in [2.05, 4.69) is 9.97 Å². The van der Waals surface area contributed by atoms with Gasteiger partial charge in [0.2, 0.25) is 0 Å². The highest BCUT2D eigenvalue weighted by Gasteiger charge is 2.09. The van der Waals surface area contributed by atoms with Crippen LogP contribution in [0.25, 0.3) is 10.8 Å². The minimum atomic E-state index is 0.0831. The van der Waals surface area contributed by atoms with Crippen LogP contribution in [0.1, 0.15) is 5.56 Å². The number of hydrogen-bond acceptors (Lipinski definition) is 4. The van der Waals surface area contributed by atoms with Gasteiger partial charge in [-0.3, -0.25) is 5.41 Å². The zero-order chi connectivity index (χ0) is 13.9. The van der Waals surface area contributed by atoms with Crippen LogP contribution in [-0.2, 0) is 0 Å². The maximum atomic E-state index is 7.66. The molecule has 20 heavy (non-hydrogen) atoms. The molecule has 98 valence electrons. The fourth-order valence-corrected chi connectivity index (χ4v) is 2.92. The van der Waals surface area contributed by atoms with E-state index in [0.29, 0.717) is 0 Å². The van der Waals surface area contributed by atoms with E-state index in [1.807, 2.05) is 42.5 Å². The zero-order valence-electron chi connectivity index (χ0n) is 10.6. The highest BCUT2D eigenvalue weighted by Crippen LogP contribution is 2.33. The van der Waals surface area contributed by atoms with Crippen molar-refractivity contribution in [3.05, 3.63) is 60.6 Å². The monoisotopic (exact) mass is 280 g/mol. The molecule has 0 radical (unpaired) electrons. The van der Waals surface area contributed by atoms with Gasteiger partial charge in [-0.15, -0.1) is 0 Å². The quantitative estimate of drug-likeness (QED) is 0.439. The Hall–Kier alpha value is -2.40. The molecule has 0 unspecified atom stereocenters. The Bertz CT molecular complexity index is 771. The summed E-state index contributed by atoms with van der Waals surface area (Å²) in [6, 6.07) is 13.7. The molecule has 0 aliphatic rings. The van der Waals surface area contributed by atoms with Crippen LogP contribution in [0.5, 0.6) is 0 Å². The summed E-state index contributed by atoms with van der Waals surface area (Å²) in [4.78, 5) is 9.23. The average molecular weight is 280 g/mol. The molecular formula is C15H12N4S. The summed E-state index contributed by atoms with van der Waals surface area (Å²) < 4.78 is 0. The van der Waals surface area contributed by atoms with Gasteiger partial charge in [0.15, 0.2) is 0 Å². The first kappa shape index (κ1) is 12.6. The summed E-state index contributed by atoms with van der Waals surface area (Å²) in [7, 11) is 0. The van der Waals surface area contributed by atoms with Crippen LogP contribution in [0.15, 0.2) is 64.9 Å². The Labute approximate surface area is 120 Å². The molecule has 2 aromatic carbocycles. The Morgan fingerprint density at radius 2 is 1.85 bits per heavy atom. The van der Waals surface area contributed by atoms with Gasteiger partial charge in [0.1, 0.15) is 17.2 Å². The maximum absolute atomic E-state index is 7.66. The second-order valence-corrected chi connectivity index (χ2v) is 5.28. The molecule has 1 heterocycles. The van der Waals surface area contributed by atoms with Crippen LogP contribution in [-0.4, -0.2) is 15.8 Å². The Balaban J connectivity index is 2.13. The Kier molecular flexibility index (Phi) is 3.35. The van der Waals surface area contributed by atoms with Gasteiger partial charge in [-0.25, -0.2) is 9.97 Å². The van der Waals surface area contributed by atoms with Crippen LogP contribution in [0.4, 0.5) is 0 Å². The van der Waals surface area contributed by atoms with Crippen molar-refractivity contribution < 1.29 is 0 Å². The molecule has 0 bridgehead atoms. The predicted molar refractivity (Wildman–Crippen MR) is 81.1 cm³/mol. The van der Waals surface area contributed by atoms with Gasteiger partial charge in [-0.2, -0.15) is 0 Å². The molecule has 0 saturated heterocycles. The van der Waals surface area contributed by atoms with Gasteiger partial charge in [0.25, 0.3) is 0 Å². The van der Waals surface area contributed by atoms with Crippen LogP contribution in [0.2, 0.25) is 0 Å². The zero-order valence-corrected chi connectivity index (χ0v) is 11.4. The molecular weight excluding hydrogens is 268 g/mol. The Morgan fingerprint density at radius 1 is 1.05 bits per heavy atom. The summed E-state index contributed by atoms with van der Waals surface area (Å²) >= 11 is 1.58. The average Bonchev–Trinajstić information content (AvgIpc) is 2.48. The topological polar surface area (TPSA) is 75.7 Å². The highest BCUT2D eigenvalue weighted by molar-refractivity contribution is 7.99. The summed E-state index contributed by atoms with van der Waals surface area (Å²) in [5.74, 6) is 0.0831. The van der Waals surface area contributed by atoms with Crippen LogP contribution in [0, 0.1) is 5.41 Å². The summed E-state index contributed by atoms with van der Waals surface area (Å²) in [6.45, 7) is 0. The lowest BCUT2D eigenvalue weighted by molar-refractivity contribution is 1.05. The SMILES string of the molecule is N=C(N)c1ccc(Sc2ccncn2)c2ccccc12. The first-order valence-corrected chi connectivity index (χ1v) is 6.87. The summed E-state index contributed by atoms with van der Waals surface area (Å²) in [5.41, 5.74) is 6.40. The fourth-order valence-electron chi connectivity index (χ4n) is 2.05. The molecule has 0 atom stereocenters. The van der Waals surface area contributed by atoms with E-state index in [-0.39, 0.29) is 5.84 Å². The minimum Gasteiger partial charge on any atom is -0.384 e. The molecule has 0 aliphatic carbocycles. The lowest BCUT2D eigenvalue weighted by atomic mass is 10.0. The lowest BCUT2D eigenvalue weighted by Crippen LogP contribution is -2.11. The van der Waals surface area contributed by atoms with E-state index in [0.717, 1.165) is 26.3 Å². The molecule has 0 fully saturated rings. The molecule has 0 saturated carbocycles. The number of rotatable bonds is 3. The second-order valence-electron chi connectivity index (χ2n) is 4.22.